The number of benzene rings is 3. The Labute approximate surface area is 221 Å². The van der Waals surface area contributed by atoms with Crippen molar-refractivity contribution in [2.45, 2.75) is 26.4 Å². The minimum atomic E-state index is -1.00. The van der Waals surface area contributed by atoms with Crippen molar-refractivity contribution in [3.63, 3.8) is 0 Å². The Balaban J connectivity index is 1.57. The number of hydrogen-bond donors (Lipinski definition) is 0. The van der Waals surface area contributed by atoms with Crippen LogP contribution in [0.3, 0.4) is 0 Å². The third kappa shape index (κ3) is 5.07. The van der Waals surface area contributed by atoms with Gasteiger partial charge in [0.2, 0.25) is 5.78 Å². The molecule has 0 atom stereocenters. The summed E-state index contributed by atoms with van der Waals surface area (Å²) in [5.41, 5.74) is 7.04. The molecule has 2 heterocycles. The van der Waals surface area contributed by atoms with Crippen LogP contribution in [0.2, 0.25) is 0 Å². The fraction of sp³-hybridized carbons (Fsp3) is 0.125. The summed E-state index contributed by atoms with van der Waals surface area (Å²) >= 11 is 5.72. The van der Waals surface area contributed by atoms with E-state index in [1.54, 1.807) is 0 Å². The molecule has 0 amide bonds. The molecule has 37 heavy (non-hydrogen) atoms. The standard InChI is InChI=1S/C32H26ClNO3/c1-2-26-27(20-22-15-17-25(18-16-22)24-12-7-4-8-13-24)34-19-9-14-28(30(34)29(26)31(35)32(33)36)37-21-23-10-5-3-6-11-23/h3-19H,2,20-21H2,1H3. The summed E-state index contributed by atoms with van der Waals surface area (Å²) in [5.74, 6) is -0.176. The SMILES string of the molecule is CCc1c(C(=O)C(=O)Cl)c2c(OCc3ccccc3)cccn2c1Cc1ccc(-c2ccccc2)cc1. The molecule has 0 saturated heterocycles. The molecule has 184 valence electrons. The Kier molecular flexibility index (Phi) is 7.20. The zero-order valence-electron chi connectivity index (χ0n) is 20.5. The van der Waals surface area contributed by atoms with E-state index < -0.39 is 11.0 Å². The second-order valence-electron chi connectivity index (χ2n) is 8.86. The third-order valence-electron chi connectivity index (χ3n) is 6.56. The first-order valence-electron chi connectivity index (χ1n) is 12.3. The van der Waals surface area contributed by atoms with E-state index in [0.717, 1.165) is 33.5 Å². The van der Waals surface area contributed by atoms with E-state index in [2.05, 4.69) is 36.4 Å². The van der Waals surface area contributed by atoms with Crippen LogP contribution >= 0.6 is 11.6 Å². The van der Waals surface area contributed by atoms with Crippen molar-refractivity contribution in [2.75, 3.05) is 0 Å². The van der Waals surface area contributed by atoms with Crippen LogP contribution in [0.15, 0.2) is 103 Å². The average molecular weight is 508 g/mol. The van der Waals surface area contributed by atoms with Crippen LogP contribution in [0, 0.1) is 0 Å². The van der Waals surface area contributed by atoms with Gasteiger partial charge in [-0.1, -0.05) is 91.9 Å². The molecule has 0 fully saturated rings. The van der Waals surface area contributed by atoms with Crippen molar-refractivity contribution in [1.82, 2.24) is 4.40 Å². The zero-order valence-corrected chi connectivity index (χ0v) is 21.2. The number of Topliss-reactive ketones (excluding diaryl/α,β-unsaturated/α-hetero) is 1. The average Bonchev–Trinajstić information content (AvgIpc) is 3.26. The number of halogens is 1. The first-order chi connectivity index (χ1) is 18.1. The molecular formula is C32H26ClNO3. The summed E-state index contributed by atoms with van der Waals surface area (Å²) in [7, 11) is 0. The van der Waals surface area contributed by atoms with Crippen LogP contribution in [0.4, 0.5) is 0 Å². The van der Waals surface area contributed by atoms with E-state index in [9.17, 15) is 9.59 Å². The smallest absolute Gasteiger partial charge is 0.293 e. The van der Waals surface area contributed by atoms with Crippen molar-refractivity contribution in [1.29, 1.82) is 0 Å². The maximum absolute atomic E-state index is 13.1. The predicted octanol–water partition coefficient (Wildman–Crippen LogP) is 7.29. The Hall–Kier alpha value is -4.15. The summed E-state index contributed by atoms with van der Waals surface area (Å²) in [6.07, 6.45) is 3.07. The van der Waals surface area contributed by atoms with Gasteiger partial charge in [-0.15, -0.1) is 0 Å². The van der Waals surface area contributed by atoms with Crippen LogP contribution in [-0.2, 0) is 24.2 Å². The third-order valence-corrected chi connectivity index (χ3v) is 6.74. The molecule has 2 aromatic heterocycles. The molecule has 0 N–H and O–H groups in total. The fourth-order valence-corrected chi connectivity index (χ4v) is 4.89. The monoisotopic (exact) mass is 507 g/mol. The van der Waals surface area contributed by atoms with Crippen LogP contribution < -0.4 is 4.74 Å². The molecule has 0 aliphatic heterocycles. The minimum Gasteiger partial charge on any atom is -0.487 e. The highest BCUT2D eigenvalue weighted by Crippen LogP contribution is 2.34. The molecule has 0 saturated carbocycles. The second kappa shape index (κ2) is 10.9. The quantitative estimate of drug-likeness (QED) is 0.119. The van der Waals surface area contributed by atoms with Crippen LogP contribution in [0.1, 0.15) is 39.7 Å². The highest BCUT2D eigenvalue weighted by molar-refractivity contribution is 6.83. The number of ether oxygens (including phenoxy) is 1. The van der Waals surface area contributed by atoms with Gasteiger partial charge in [0.15, 0.2) is 0 Å². The predicted molar refractivity (Wildman–Crippen MR) is 147 cm³/mol. The first kappa shape index (κ1) is 24.5. The topological polar surface area (TPSA) is 47.8 Å². The van der Waals surface area contributed by atoms with Crippen molar-refractivity contribution in [2.24, 2.45) is 0 Å². The van der Waals surface area contributed by atoms with Crippen LogP contribution in [0.5, 0.6) is 5.75 Å². The van der Waals surface area contributed by atoms with Gasteiger partial charge in [-0.2, -0.15) is 0 Å². The van der Waals surface area contributed by atoms with Gasteiger partial charge in [0.25, 0.3) is 5.24 Å². The van der Waals surface area contributed by atoms with Crippen LogP contribution in [-0.4, -0.2) is 15.4 Å². The van der Waals surface area contributed by atoms with Crippen LogP contribution in [0.25, 0.3) is 16.6 Å². The number of nitrogens with zero attached hydrogens (tertiary/aromatic N) is 1. The summed E-state index contributed by atoms with van der Waals surface area (Å²) in [6.45, 7) is 2.32. The minimum absolute atomic E-state index is 0.321. The molecular weight excluding hydrogens is 482 g/mol. The van der Waals surface area contributed by atoms with Gasteiger partial charge in [-0.3, -0.25) is 9.59 Å². The van der Waals surface area contributed by atoms with Crippen molar-refractivity contribution in [3.05, 3.63) is 131 Å². The number of rotatable bonds is 9. The van der Waals surface area contributed by atoms with Gasteiger partial charge in [0.05, 0.1) is 11.1 Å². The van der Waals surface area contributed by atoms with E-state index in [4.69, 9.17) is 16.3 Å². The summed E-state index contributed by atoms with van der Waals surface area (Å²) in [4.78, 5) is 25.1. The van der Waals surface area contributed by atoms with Gasteiger partial charge in [-0.05, 0) is 58.0 Å². The second-order valence-corrected chi connectivity index (χ2v) is 9.20. The molecule has 5 aromatic rings. The van der Waals surface area contributed by atoms with E-state index in [0.29, 0.717) is 36.3 Å². The van der Waals surface area contributed by atoms with Gasteiger partial charge in [0.1, 0.15) is 12.4 Å². The molecule has 0 radical (unpaired) electrons. The maximum Gasteiger partial charge on any atom is 0.293 e. The molecule has 4 nitrogen and oxygen atoms in total. The number of hydrogen-bond acceptors (Lipinski definition) is 3. The Morgan fingerprint density at radius 3 is 2.08 bits per heavy atom. The Bertz CT molecular complexity index is 1560. The maximum atomic E-state index is 13.1. The lowest BCUT2D eigenvalue weighted by Crippen LogP contribution is -2.10. The van der Waals surface area contributed by atoms with E-state index in [-0.39, 0.29) is 0 Å². The van der Waals surface area contributed by atoms with Gasteiger partial charge < -0.3 is 9.14 Å². The summed E-state index contributed by atoms with van der Waals surface area (Å²) < 4.78 is 8.15. The lowest BCUT2D eigenvalue weighted by atomic mass is 9.98. The van der Waals surface area contributed by atoms with E-state index in [1.807, 2.05) is 78.2 Å². The molecule has 0 spiro atoms. The molecule has 3 aromatic carbocycles. The van der Waals surface area contributed by atoms with Crippen molar-refractivity contribution < 1.29 is 14.3 Å². The molecule has 0 unspecified atom stereocenters. The number of pyridine rings is 1. The number of carbonyl (C=O) groups excluding carboxylic acids is 2. The molecule has 0 aliphatic carbocycles. The number of carbonyl (C=O) groups is 2. The fourth-order valence-electron chi connectivity index (χ4n) is 4.80. The first-order valence-corrected chi connectivity index (χ1v) is 12.6. The lowest BCUT2D eigenvalue weighted by molar-refractivity contribution is -0.108. The molecule has 0 aliphatic rings. The van der Waals surface area contributed by atoms with E-state index >= 15 is 0 Å². The molecule has 0 bridgehead atoms. The van der Waals surface area contributed by atoms with Gasteiger partial charge >= 0.3 is 0 Å². The number of ketones is 1. The van der Waals surface area contributed by atoms with Gasteiger partial charge in [-0.25, -0.2) is 0 Å². The van der Waals surface area contributed by atoms with E-state index in [1.165, 1.54) is 0 Å². The van der Waals surface area contributed by atoms with Gasteiger partial charge in [0, 0.05) is 18.3 Å². The Morgan fingerprint density at radius 1 is 0.784 bits per heavy atom. The molecule has 5 heteroatoms. The number of aromatic nitrogens is 1. The lowest BCUT2D eigenvalue weighted by Gasteiger charge is -2.11. The largest absolute Gasteiger partial charge is 0.487 e. The highest BCUT2D eigenvalue weighted by Gasteiger charge is 2.28. The van der Waals surface area contributed by atoms with Crippen molar-refractivity contribution in [3.8, 4) is 16.9 Å². The summed E-state index contributed by atoms with van der Waals surface area (Å²) in [6, 6.07) is 32.2. The molecule has 5 rings (SSSR count). The normalized spacial score (nSPS) is 11.0. The zero-order chi connectivity index (χ0) is 25.8. The Morgan fingerprint density at radius 2 is 1.43 bits per heavy atom. The highest BCUT2D eigenvalue weighted by atomic mass is 35.5. The van der Waals surface area contributed by atoms with Crippen molar-refractivity contribution >= 4 is 28.1 Å². The summed E-state index contributed by atoms with van der Waals surface area (Å²) in [5, 5.41) is -1.00. The number of fused-ring (bicyclic) bond motifs is 1.